The first kappa shape index (κ1) is 19.4. The van der Waals surface area contributed by atoms with Crippen LogP contribution in [0, 0.1) is 0 Å². The van der Waals surface area contributed by atoms with Crippen LogP contribution in [0.15, 0.2) is 55.0 Å². The second kappa shape index (κ2) is 6.82. The van der Waals surface area contributed by atoms with Crippen molar-refractivity contribution in [3.8, 4) is 11.1 Å². The number of hydrogen-bond donors (Lipinski definition) is 2. The van der Waals surface area contributed by atoms with Crippen molar-refractivity contribution < 1.29 is 13.5 Å². The second-order valence-electron chi connectivity index (χ2n) is 7.91. The number of pyridine rings is 1. The number of benzene rings is 2. The summed E-state index contributed by atoms with van der Waals surface area (Å²) in [7, 11) is -3.36. The van der Waals surface area contributed by atoms with Crippen molar-refractivity contribution in [1.82, 2.24) is 14.8 Å². The molecule has 4 aromatic rings. The van der Waals surface area contributed by atoms with E-state index in [1.165, 1.54) is 0 Å². The van der Waals surface area contributed by atoms with Crippen molar-refractivity contribution >= 4 is 37.4 Å². The summed E-state index contributed by atoms with van der Waals surface area (Å²) in [5.41, 5.74) is 2.34. The molecule has 0 spiro atoms. The predicted molar refractivity (Wildman–Crippen MR) is 115 cm³/mol. The van der Waals surface area contributed by atoms with E-state index in [0.29, 0.717) is 12.2 Å². The molecule has 8 heteroatoms. The SMILES string of the molecule is CC(C)(O)Cn1cc2cc(-c3cncc4ccc(NS(C)(=O)=O)cc34)ccc2n1. The topological polar surface area (TPSA) is 97.1 Å². The minimum absolute atomic E-state index is 0.396. The van der Waals surface area contributed by atoms with E-state index < -0.39 is 15.6 Å². The van der Waals surface area contributed by atoms with Crippen molar-refractivity contribution in [3.63, 3.8) is 0 Å². The summed E-state index contributed by atoms with van der Waals surface area (Å²) in [5, 5.41) is 17.3. The third-order valence-corrected chi connectivity index (χ3v) is 5.08. The van der Waals surface area contributed by atoms with Crippen LogP contribution in [0.5, 0.6) is 0 Å². The Labute approximate surface area is 169 Å². The Balaban J connectivity index is 1.80. The summed E-state index contributed by atoms with van der Waals surface area (Å²) < 4.78 is 27.4. The number of nitrogens with one attached hydrogen (secondary N) is 1. The van der Waals surface area contributed by atoms with Gasteiger partial charge in [0, 0.05) is 40.6 Å². The van der Waals surface area contributed by atoms with Gasteiger partial charge in [-0.05, 0) is 49.1 Å². The molecule has 0 unspecified atom stereocenters. The largest absolute Gasteiger partial charge is 0.389 e. The number of hydrogen-bond acceptors (Lipinski definition) is 5. The van der Waals surface area contributed by atoms with E-state index in [1.54, 1.807) is 37.0 Å². The lowest BCUT2D eigenvalue weighted by molar-refractivity contribution is 0.0580. The molecule has 2 aromatic carbocycles. The molecule has 2 heterocycles. The molecule has 0 fully saturated rings. The van der Waals surface area contributed by atoms with Crippen molar-refractivity contribution in [2.75, 3.05) is 11.0 Å². The molecule has 0 saturated carbocycles. The molecule has 0 bridgehead atoms. The number of aromatic nitrogens is 3. The summed E-state index contributed by atoms with van der Waals surface area (Å²) in [6.45, 7) is 3.89. The standard InChI is InChI=1S/C21H22N4O3S/c1-21(2,26)13-25-12-16-8-14(5-7-20(16)23-25)19-11-22-10-15-4-6-17(9-18(15)19)24-29(3,27)28/h4-12,24,26H,13H2,1-3H3. The Kier molecular flexibility index (Phi) is 4.55. The number of rotatable bonds is 5. The molecule has 2 N–H and O–H groups in total. The summed E-state index contributed by atoms with van der Waals surface area (Å²) in [6, 6.07) is 11.3. The van der Waals surface area contributed by atoms with Gasteiger partial charge in [-0.25, -0.2) is 8.42 Å². The number of nitrogens with zero attached hydrogens (tertiary/aromatic N) is 3. The maximum Gasteiger partial charge on any atom is 0.229 e. The van der Waals surface area contributed by atoms with E-state index in [1.807, 2.05) is 36.5 Å². The highest BCUT2D eigenvalue weighted by molar-refractivity contribution is 7.92. The maximum atomic E-state index is 11.6. The number of anilines is 1. The van der Waals surface area contributed by atoms with Crippen LogP contribution < -0.4 is 4.72 Å². The van der Waals surface area contributed by atoms with Gasteiger partial charge in [0.1, 0.15) is 0 Å². The molecule has 2 aromatic heterocycles. The summed E-state index contributed by atoms with van der Waals surface area (Å²) in [6.07, 6.45) is 6.56. The number of fused-ring (bicyclic) bond motifs is 2. The lowest BCUT2D eigenvalue weighted by Gasteiger charge is -2.16. The van der Waals surface area contributed by atoms with Crippen molar-refractivity contribution in [1.29, 1.82) is 0 Å². The first-order chi connectivity index (χ1) is 13.6. The Bertz CT molecular complexity index is 1320. The molecular weight excluding hydrogens is 388 g/mol. The minimum Gasteiger partial charge on any atom is -0.389 e. The Morgan fingerprint density at radius 1 is 1.10 bits per heavy atom. The van der Waals surface area contributed by atoms with Gasteiger partial charge in [-0.1, -0.05) is 12.1 Å². The van der Waals surface area contributed by atoms with Gasteiger partial charge >= 0.3 is 0 Å². The molecule has 0 saturated heterocycles. The molecule has 150 valence electrons. The van der Waals surface area contributed by atoms with Crippen molar-refractivity contribution in [2.24, 2.45) is 0 Å². The predicted octanol–water partition coefficient (Wildman–Crippen LogP) is 3.39. The third kappa shape index (κ3) is 4.38. The lowest BCUT2D eigenvalue weighted by atomic mass is 9.99. The zero-order chi connectivity index (χ0) is 20.8. The van der Waals surface area contributed by atoms with Gasteiger partial charge in [0.25, 0.3) is 0 Å². The normalized spacial score (nSPS) is 12.6. The molecule has 7 nitrogen and oxygen atoms in total. The highest BCUT2D eigenvalue weighted by atomic mass is 32.2. The monoisotopic (exact) mass is 410 g/mol. The van der Waals surface area contributed by atoms with Gasteiger partial charge in [-0.15, -0.1) is 0 Å². The van der Waals surface area contributed by atoms with Gasteiger partial charge in [0.15, 0.2) is 0 Å². The fourth-order valence-corrected chi connectivity index (χ4v) is 3.95. The Morgan fingerprint density at radius 2 is 1.90 bits per heavy atom. The Hall–Kier alpha value is -2.97. The summed E-state index contributed by atoms with van der Waals surface area (Å²) in [4.78, 5) is 4.33. The molecule has 29 heavy (non-hydrogen) atoms. The molecular formula is C21H22N4O3S. The van der Waals surface area contributed by atoms with Gasteiger partial charge in [-0.3, -0.25) is 14.4 Å². The third-order valence-electron chi connectivity index (χ3n) is 4.48. The van der Waals surface area contributed by atoms with Crippen molar-refractivity contribution in [2.45, 2.75) is 26.0 Å². The van der Waals surface area contributed by atoms with Gasteiger partial charge in [-0.2, -0.15) is 5.10 Å². The maximum absolute atomic E-state index is 11.6. The van der Waals surface area contributed by atoms with Crippen LogP contribution >= 0.6 is 0 Å². The highest BCUT2D eigenvalue weighted by Gasteiger charge is 2.15. The molecule has 0 amide bonds. The summed E-state index contributed by atoms with van der Waals surface area (Å²) >= 11 is 0. The number of sulfonamides is 1. The van der Waals surface area contributed by atoms with Crippen LogP contribution in [0.1, 0.15) is 13.8 Å². The van der Waals surface area contributed by atoms with Gasteiger partial charge in [0.05, 0.1) is 23.9 Å². The Morgan fingerprint density at radius 3 is 2.62 bits per heavy atom. The average molecular weight is 410 g/mol. The molecule has 0 radical (unpaired) electrons. The van der Waals surface area contributed by atoms with E-state index in [2.05, 4.69) is 14.8 Å². The first-order valence-electron chi connectivity index (χ1n) is 9.13. The molecule has 0 aliphatic carbocycles. The highest BCUT2D eigenvalue weighted by Crippen LogP contribution is 2.31. The molecule has 0 aliphatic rings. The van der Waals surface area contributed by atoms with Crippen LogP contribution in [0.3, 0.4) is 0 Å². The zero-order valence-corrected chi connectivity index (χ0v) is 17.2. The first-order valence-corrected chi connectivity index (χ1v) is 11.0. The lowest BCUT2D eigenvalue weighted by Crippen LogP contribution is -2.26. The minimum atomic E-state index is -3.36. The van der Waals surface area contributed by atoms with Crippen LogP contribution in [-0.4, -0.2) is 40.1 Å². The summed E-state index contributed by atoms with van der Waals surface area (Å²) in [5.74, 6) is 0. The quantitative estimate of drug-likeness (QED) is 0.526. The van der Waals surface area contributed by atoms with Gasteiger partial charge in [0.2, 0.25) is 10.0 Å². The van der Waals surface area contributed by atoms with E-state index in [9.17, 15) is 13.5 Å². The molecule has 0 atom stereocenters. The van der Waals surface area contributed by atoms with E-state index >= 15 is 0 Å². The van der Waals surface area contributed by atoms with Crippen LogP contribution in [-0.2, 0) is 16.6 Å². The van der Waals surface area contributed by atoms with E-state index in [4.69, 9.17) is 0 Å². The molecule has 0 aliphatic heterocycles. The fraction of sp³-hybridized carbons (Fsp3) is 0.238. The van der Waals surface area contributed by atoms with E-state index in [-0.39, 0.29) is 0 Å². The van der Waals surface area contributed by atoms with Crippen molar-refractivity contribution in [3.05, 3.63) is 55.0 Å². The number of aliphatic hydroxyl groups is 1. The smallest absolute Gasteiger partial charge is 0.229 e. The second-order valence-corrected chi connectivity index (χ2v) is 9.66. The van der Waals surface area contributed by atoms with Crippen LogP contribution in [0.25, 0.3) is 32.8 Å². The van der Waals surface area contributed by atoms with Crippen LogP contribution in [0.2, 0.25) is 0 Å². The van der Waals surface area contributed by atoms with Crippen LogP contribution in [0.4, 0.5) is 5.69 Å². The molecule has 4 rings (SSSR count). The zero-order valence-electron chi connectivity index (χ0n) is 16.4. The van der Waals surface area contributed by atoms with E-state index in [0.717, 1.165) is 39.1 Å². The average Bonchev–Trinajstić information content (AvgIpc) is 2.99. The van der Waals surface area contributed by atoms with Gasteiger partial charge < -0.3 is 5.11 Å². The fourth-order valence-electron chi connectivity index (χ4n) is 3.39.